The normalized spacial score (nSPS) is 11.3. The van der Waals surface area contributed by atoms with Crippen LogP contribution in [0.3, 0.4) is 0 Å². The number of carbonyl (C=O) groups excluding carboxylic acids is 1. The van der Waals surface area contributed by atoms with Crippen LogP contribution >= 0.6 is 11.6 Å². The van der Waals surface area contributed by atoms with E-state index in [9.17, 15) is 26.7 Å². The van der Waals surface area contributed by atoms with Gasteiger partial charge in [-0.25, -0.2) is 13.6 Å². The summed E-state index contributed by atoms with van der Waals surface area (Å²) >= 11 is 5.39. The second-order valence-electron chi connectivity index (χ2n) is 3.84. The molecule has 2 N–H and O–H groups in total. The molecule has 20 heavy (non-hydrogen) atoms. The number of benzene rings is 1. The smallest absolute Gasteiger partial charge is 0.338 e. The van der Waals surface area contributed by atoms with Crippen molar-refractivity contribution in [2.45, 2.75) is 19.0 Å². The van der Waals surface area contributed by atoms with Gasteiger partial charge < -0.3 is 10.6 Å². The van der Waals surface area contributed by atoms with Gasteiger partial charge in [0, 0.05) is 18.0 Å². The van der Waals surface area contributed by atoms with Crippen LogP contribution in [0.5, 0.6) is 0 Å². The summed E-state index contributed by atoms with van der Waals surface area (Å²) in [7, 11) is 0. The zero-order valence-electron chi connectivity index (χ0n) is 9.95. The van der Waals surface area contributed by atoms with Crippen molar-refractivity contribution in [3.8, 4) is 0 Å². The largest absolute Gasteiger partial charge is 0.389 e. The molecule has 0 bridgehead atoms. The van der Waals surface area contributed by atoms with Crippen molar-refractivity contribution < 1.29 is 26.7 Å². The zero-order chi connectivity index (χ0) is 15.3. The lowest BCUT2D eigenvalue weighted by Crippen LogP contribution is -2.30. The predicted molar refractivity (Wildman–Crippen MR) is 63.7 cm³/mol. The summed E-state index contributed by atoms with van der Waals surface area (Å²) in [6, 6.07) is 0.584. The first kappa shape index (κ1) is 16.5. The van der Waals surface area contributed by atoms with Gasteiger partial charge in [0.05, 0.1) is 0 Å². The summed E-state index contributed by atoms with van der Waals surface area (Å²) in [5, 5.41) is 3.74. The Labute approximate surface area is 116 Å². The van der Waals surface area contributed by atoms with Gasteiger partial charge in [0.15, 0.2) is 11.6 Å². The number of amides is 2. The lowest BCUT2D eigenvalue weighted by molar-refractivity contribution is -0.135. The number of halogens is 6. The average Bonchev–Trinajstić information content (AvgIpc) is 2.28. The van der Waals surface area contributed by atoms with Crippen LogP contribution in [0.2, 0.25) is 5.02 Å². The minimum absolute atomic E-state index is 0.184. The van der Waals surface area contributed by atoms with Crippen LogP contribution in [0.25, 0.3) is 0 Å². The Morgan fingerprint density at radius 3 is 2.25 bits per heavy atom. The third-order valence-corrected chi connectivity index (χ3v) is 2.39. The molecule has 2 amide bonds. The van der Waals surface area contributed by atoms with Gasteiger partial charge in [0.25, 0.3) is 0 Å². The Kier molecular flexibility index (Phi) is 5.55. The van der Waals surface area contributed by atoms with Gasteiger partial charge in [-0.15, -0.1) is 0 Å². The number of carbonyl (C=O) groups is 1. The molecule has 1 rings (SSSR count). The molecular weight excluding hydrogens is 307 g/mol. The summed E-state index contributed by atoms with van der Waals surface area (Å²) in [5.74, 6) is -2.17. The highest BCUT2D eigenvalue weighted by Crippen LogP contribution is 2.23. The SMILES string of the molecule is O=C(NCCCC(F)(F)F)Nc1c(F)cc(Cl)cc1F. The Bertz CT molecular complexity index is 469. The highest BCUT2D eigenvalue weighted by atomic mass is 35.5. The van der Waals surface area contributed by atoms with Gasteiger partial charge in [0.2, 0.25) is 0 Å². The maximum absolute atomic E-state index is 13.3. The number of anilines is 1. The van der Waals surface area contributed by atoms with Crippen molar-refractivity contribution >= 4 is 23.3 Å². The van der Waals surface area contributed by atoms with Crippen LogP contribution in [-0.2, 0) is 0 Å². The van der Waals surface area contributed by atoms with E-state index in [4.69, 9.17) is 11.6 Å². The maximum atomic E-state index is 13.3. The number of alkyl halides is 3. The van der Waals surface area contributed by atoms with E-state index < -0.39 is 36.0 Å². The summed E-state index contributed by atoms with van der Waals surface area (Å²) in [5.41, 5.74) is -0.720. The maximum Gasteiger partial charge on any atom is 0.389 e. The zero-order valence-corrected chi connectivity index (χ0v) is 10.7. The lowest BCUT2D eigenvalue weighted by atomic mass is 10.3. The van der Waals surface area contributed by atoms with Crippen molar-refractivity contribution in [1.29, 1.82) is 0 Å². The monoisotopic (exact) mass is 316 g/mol. The first-order chi connectivity index (χ1) is 9.19. The first-order valence-corrected chi connectivity index (χ1v) is 5.83. The molecule has 3 nitrogen and oxygen atoms in total. The molecule has 112 valence electrons. The van der Waals surface area contributed by atoms with E-state index in [1.54, 1.807) is 0 Å². The van der Waals surface area contributed by atoms with Crippen LogP contribution in [0.4, 0.5) is 32.4 Å². The van der Waals surface area contributed by atoms with Crippen LogP contribution < -0.4 is 10.6 Å². The minimum Gasteiger partial charge on any atom is -0.338 e. The first-order valence-electron chi connectivity index (χ1n) is 5.45. The molecule has 0 aromatic heterocycles. The number of hydrogen-bond donors (Lipinski definition) is 2. The van der Waals surface area contributed by atoms with Crippen LogP contribution in [0, 0.1) is 11.6 Å². The van der Waals surface area contributed by atoms with E-state index in [1.165, 1.54) is 0 Å². The number of rotatable bonds is 4. The Morgan fingerprint density at radius 1 is 1.20 bits per heavy atom. The Balaban J connectivity index is 2.47. The molecule has 0 spiro atoms. The van der Waals surface area contributed by atoms with Gasteiger partial charge in [-0.1, -0.05) is 11.6 Å². The van der Waals surface area contributed by atoms with Crippen LogP contribution in [-0.4, -0.2) is 18.8 Å². The van der Waals surface area contributed by atoms with Crippen molar-refractivity contribution in [2.24, 2.45) is 0 Å². The van der Waals surface area contributed by atoms with E-state index >= 15 is 0 Å². The molecule has 0 unspecified atom stereocenters. The molecule has 9 heteroatoms. The minimum atomic E-state index is -4.31. The van der Waals surface area contributed by atoms with Crippen molar-refractivity contribution in [3.05, 3.63) is 28.8 Å². The third-order valence-electron chi connectivity index (χ3n) is 2.17. The van der Waals surface area contributed by atoms with E-state index in [-0.39, 0.29) is 18.0 Å². The molecule has 0 saturated heterocycles. The van der Waals surface area contributed by atoms with E-state index in [0.29, 0.717) is 0 Å². The average molecular weight is 317 g/mol. The van der Waals surface area contributed by atoms with E-state index in [0.717, 1.165) is 12.1 Å². The summed E-state index contributed by atoms with van der Waals surface area (Å²) in [6.07, 6.45) is -5.70. The van der Waals surface area contributed by atoms with Gasteiger partial charge in [-0.05, 0) is 18.6 Å². The number of nitrogens with one attached hydrogen (secondary N) is 2. The van der Waals surface area contributed by atoms with Crippen molar-refractivity contribution in [1.82, 2.24) is 5.32 Å². The quantitative estimate of drug-likeness (QED) is 0.638. The highest BCUT2D eigenvalue weighted by molar-refractivity contribution is 6.30. The summed E-state index contributed by atoms with van der Waals surface area (Å²) in [6.45, 7) is -0.276. The molecule has 1 aromatic carbocycles. The topological polar surface area (TPSA) is 41.1 Å². The van der Waals surface area contributed by atoms with Crippen molar-refractivity contribution in [3.63, 3.8) is 0 Å². The third kappa shape index (κ3) is 5.60. The fourth-order valence-electron chi connectivity index (χ4n) is 1.31. The fourth-order valence-corrected chi connectivity index (χ4v) is 1.50. The second kappa shape index (κ2) is 6.74. The molecule has 0 aliphatic carbocycles. The summed E-state index contributed by atoms with van der Waals surface area (Å²) < 4.78 is 62.1. The second-order valence-corrected chi connectivity index (χ2v) is 4.28. The molecule has 0 aliphatic rings. The lowest BCUT2D eigenvalue weighted by Gasteiger charge is -2.10. The molecule has 0 atom stereocenters. The Hall–Kier alpha value is -1.57. The van der Waals surface area contributed by atoms with Crippen molar-refractivity contribution in [2.75, 3.05) is 11.9 Å². The predicted octanol–water partition coefficient (Wildman–Crippen LogP) is 4.08. The fraction of sp³-hybridized carbons (Fsp3) is 0.364. The molecule has 0 radical (unpaired) electrons. The van der Waals surface area contributed by atoms with E-state index in [1.807, 2.05) is 5.32 Å². The van der Waals surface area contributed by atoms with Gasteiger partial charge in [-0.2, -0.15) is 13.2 Å². The van der Waals surface area contributed by atoms with Crippen LogP contribution in [0.1, 0.15) is 12.8 Å². The summed E-state index contributed by atoms with van der Waals surface area (Å²) in [4.78, 5) is 11.3. The standard InChI is InChI=1S/C11H10ClF5N2O/c12-6-4-7(13)9(8(14)5-6)19-10(20)18-3-1-2-11(15,16)17/h4-5H,1-3H2,(H2,18,19,20). The molecular formula is C11H10ClF5N2O. The molecule has 0 fully saturated rings. The van der Waals surface area contributed by atoms with E-state index in [2.05, 4.69) is 5.32 Å². The Morgan fingerprint density at radius 2 is 1.75 bits per heavy atom. The molecule has 0 saturated carbocycles. The molecule has 0 aliphatic heterocycles. The molecule has 0 heterocycles. The van der Waals surface area contributed by atoms with Crippen LogP contribution in [0.15, 0.2) is 12.1 Å². The number of urea groups is 1. The van der Waals surface area contributed by atoms with Gasteiger partial charge >= 0.3 is 12.2 Å². The molecule has 1 aromatic rings. The van der Waals surface area contributed by atoms with Gasteiger partial charge in [0.1, 0.15) is 5.69 Å². The van der Waals surface area contributed by atoms with Gasteiger partial charge in [-0.3, -0.25) is 0 Å². The number of hydrogen-bond acceptors (Lipinski definition) is 1. The highest BCUT2D eigenvalue weighted by Gasteiger charge is 2.26.